The van der Waals surface area contributed by atoms with Crippen molar-refractivity contribution < 1.29 is 9.63 Å². The van der Waals surface area contributed by atoms with E-state index in [1.54, 1.807) is 36.4 Å². The molecule has 0 aliphatic heterocycles. The van der Waals surface area contributed by atoms with Crippen LogP contribution in [0.3, 0.4) is 0 Å². The van der Waals surface area contributed by atoms with E-state index in [-0.39, 0.29) is 5.91 Å². The number of rotatable bonds is 5. The lowest BCUT2D eigenvalue weighted by Crippen LogP contribution is -2.20. The second kappa shape index (κ2) is 7.96. The Morgan fingerprint density at radius 1 is 1.46 bits per heavy atom. The van der Waals surface area contributed by atoms with Crippen LogP contribution in [0.4, 0.5) is 0 Å². The lowest BCUT2D eigenvalue weighted by atomic mass is 9.92. The van der Waals surface area contributed by atoms with Crippen LogP contribution in [0.15, 0.2) is 32.0 Å². The predicted octanol–water partition coefficient (Wildman–Crippen LogP) is 3.98. The van der Waals surface area contributed by atoms with Crippen molar-refractivity contribution in [2.45, 2.75) is 23.5 Å². The highest BCUT2D eigenvalue weighted by Crippen LogP contribution is 2.39. The molecule has 3 rings (SSSR count). The van der Waals surface area contributed by atoms with Crippen LogP contribution in [0.2, 0.25) is 0 Å². The van der Waals surface area contributed by atoms with Crippen LogP contribution in [-0.2, 0) is 11.3 Å². The highest BCUT2D eigenvalue weighted by Gasteiger charge is 2.28. The lowest BCUT2D eigenvalue weighted by molar-refractivity contribution is 0.0958. The Morgan fingerprint density at radius 3 is 3.04 bits per heavy atom. The fourth-order valence-electron chi connectivity index (χ4n) is 2.63. The van der Waals surface area contributed by atoms with Crippen LogP contribution < -0.4 is 5.43 Å². The fourth-order valence-corrected chi connectivity index (χ4v) is 5.24. The number of thioether (sulfide) groups is 1. The van der Waals surface area contributed by atoms with Crippen LogP contribution in [0.1, 0.15) is 38.5 Å². The third-order valence-electron chi connectivity index (χ3n) is 3.60. The van der Waals surface area contributed by atoms with Gasteiger partial charge in [-0.25, -0.2) is 5.43 Å². The molecular weight excluding hydrogens is 362 g/mol. The van der Waals surface area contributed by atoms with Gasteiger partial charge in [-0.15, -0.1) is 34.4 Å². The highest BCUT2D eigenvalue weighted by atomic mass is 32.2. The summed E-state index contributed by atoms with van der Waals surface area (Å²) in [5.41, 5.74) is 5.71. The molecule has 0 atom stereocenters. The molecule has 1 aliphatic rings. The summed E-state index contributed by atoms with van der Waals surface area (Å²) in [7, 11) is 1.55. The molecule has 1 amide bonds. The van der Waals surface area contributed by atoms with Gasteiger partial charge < -0.3 is 4.84 Å². The van der Waals surface area contributed by atoms with E-state index in [9.17, 15) is 4.79 Å². The van der Waals surface area contributed by atoms with Crippen molar-refractivity contribution in [1.82, 2.24) is 5.43 Å². The summed E-state index contributed by atoms with van der Waals surface area (Å²) in [6.07, 6.45) is 6.41. The molecule has 0 spiro atoms. The highest BCUT2D eigenvalue weighted by molar-refractivity contribution is 8.00. The number of carbonyl (C=O) groups excluding carboxylic acids is 1. The summed E-state index contributed by atoms with van der Waals surface area (Å²) in [4.78, 5) is 19.2. The minimum Gasteiger partial charge on any atom is -0.399 e. The predicted molar refractivity (Wildman–Crippen MR) is 102 cm³/mol. The van der Waals surface area contributed by atoms with E-state index in [1.165, 1.54) is 11.3 Å². The molecule has 0 fully saturated rings. The summed E-state index contributed by atoms with van der Waals surface area (Å²) >= 11 is 4.72. The molecule has 2 aromatic heterocycles. The van der Waals surface area contributed by atoms with Gasteiger partial charge in [-0.05, 0) is 42.5 Å². The SMILES string of the molecule is CO/N=C1\CCCc2c(C(=O)N/N=C\c3cccs3)sc(SC)c21. The van der Waals surface area contributed by atoms with E-state index in [0.29, 0.717) is 0 Å². The molecule has 5 nitrogen and oxygen atoms in total. The van der Waals surface area contributed by atoms with Gasteiger partial charge in [0.2, 0.25) is 0 Å². The largest absolute Gasteiger partial charge is 0.399 e. The van der Waals surface area contributed by atoms with Crippen molar-refractivity contribution in [3.05, 3.63) is 38.4 Å². The molecule has 8 heteroatoms. The van der Waals surface area contributed by atoms with E-state index >= 15 is 0 Å². The monoisotopic (exact) mass is 379 g/mol. The minimum absolute atomic E-state index is 0.164. The van der Waals surface area contributed by atoms with Gasteiger partial charge in [0, 0.05) is 10.4 Å². The Morgan fingerprint density at radius 2 is 2.33 bits per heavy atom. The maximum Gasteiger partial charge on any atom is 0.281 e. The second-order valence-electron chi connectivity index (χ2n) is 5.06. The number of nitrogens with zero attached hydrogens (tertiary/aromatic N) is 2. The van der Waals surface area contributed by atoms with E-state index in [2.05, 4.69) is 15.7 Å². The first-order valence-electron chi connectivity index (χ1n) is 7.41. The van der Waals surface area contributed by atoms with Gasteiger partial charge in [-0.1, -0.05) is 11.2 Å². The first-order chi connectivity index (χ1) is 11.7. The van der Waals surface area contributed by atoms with Crippen molar-refractivity contribution in [2.24, 2.45) is 10.3 Å². The van der Waals surface area contributed by atoms with Gasteiger partial charge in [0.15, 0.2) is 0 Å². The number of hydrogen-bond donors (Lipinski definition) is 1. The number of carbonyl (C=O) groups is 1. The quantitative estimate of drug-likeness (QED) is 0.485. The second-order valence-corrected chi connectivity index (χ2v) is 8.14. The van der Waals surface area contributed by atoms with E-state index < -0.39 is 0 Å². The van der Waals surface area contributed by atoms with Crippen LogP contribution in [-0.4, -0.2) is 31.2 Å². The molecule has 0 saturated heterocycles. The molecule has 0 unspecified atom stereocenters. The standard InChI is InChI=1S/C16H17N3O2S3/c1-21-19-12-7-3-6-11-13(12)16(22-2)24-14(11)15(20)18-17-9-10-5-4-8-23-10/h4-5,8-9H,3,6-7H2,1-2H3,(H,18,20)/b17-9-,19-12+. The van der Waals surface area contributed by atoms with Crippen molar-refractivity contribution in [3.63, 3.8) is 0 Å². The van der Waals surface area contributed by atoms with Crippen LogP contribution >= 0.6 is 34.4 Å². The number of oxime groups is 1. The van der Waals surface area contributed by atoms with Crippen molar-refractivity contribution >= 4 is 52.3 Å². The molecule has 0 bridgehead atoms. The maximum atomic E-state index is 12.5. The van der Waals surface area contributed by atoms with Crippen molar-refractivity contribution in [3.8, 4) is 0 Å². The van der Waals surface area contributed by atoms with Gasteiger partial charge in [-0.2, -0.15) is 5.10 Å². The van der Waals surface area contributed by atoms with Gasteiger partial charge in [-0.3, -0.25) is 4.79 Å². The summed E-state index contributed by atoms with van der Waals surface area (Å²) in [6.45, 7) is 0. The molecule has 1 N–H and O–H groups in total. The van der Waals surface area contributed by atoms with Gasteiger partial charge >= 0.3 is 0 Å². The van der Waals surface area contributed by atoms with Crippen LogP contribution in [0.25, 0.3) is 0 Å². The Hall–Kier alpha value is -1.64. The summed E-state index contributed by atoms with van der Waals surface area (Å²) in [5, 5.41) is 10.2. The maximum absolute atomic E-state index is 12.5. The van der Waals surface area contributed by atoms with E-state index in [1.807, 2.05) is 23.8 Å². The Balaban J connectivity index is 1.86. The van der Waals surface area contributed by atoms with Crippen molar-refractivity contribution in [2.75, 3.05) is 13.4 Å². The molecule has 0 radical (unpaired) electrons. The molecule has 24 heavy (non-hydrogen) atoms. The van der Waals surface area contributed by atoms with Gasteiger partial charge in [0.25, 0.3) is 5.91 Å². The molecule has 126 valence electrons. The third kappa shape index (κ3) is 3.55. The third-order valence-corrected chi connectivity index (χ3v) is 6.76. The molecule has 1 aliphatic carbocycles. The number of thiophene rings is 2. The fraction of sp³-hybridized carbons (Fsp3) is 0.312. The zero-order valence-electron chi connectivity index (χ0n) is 13.4. The van der Waals surface area contributed by atoms with E-state index in [0.717, 1.165) is 50.1 Å². The first kappa shape index (κ1) is 17.2. The molecular formula is C16H17N3O2S3. The van der Waals surface area contributed by atoms with Crippen LogP contribution in [0.5, 0.6) is 0 Å². The smallest absolute Gasteiger partial charge is 0.281 e. The molecule has 0 aromatic carbocycles. The minimum atomic E-state index is -0.164. The average molecular weight is 380 g/mol. The topological polar surface area (TPSA) is 63.0 Å². The zero-order chi connectivity index (χ0) is 16.9. The Bertz CT molecular complexity index is 779. The summed E-state index contributed by atoms with van der Waals surface area (Å²) in [5.74, 6) is -0.164. The Labute approximate surface area is 152 Å². The number of amides is 1. The molecule has 2 aromatic rings. The van der Waals surface area contributed by atoms with Gasteiger partial charge in [0.05, 0.1) is 21.0 Å². The molecule has 2 heterocycles. The number of hydrazone groups is 1. The number of hydrogen-bond acceptors (Lipinski definition) is 7. The average Bonchev–Trinajstić information content (AvgIpc) is 3.23. The summed E-state index contributed by atoms with van der Waals surface area (Å²) < 4.78 is 1.10. The Kier molecular flexibility index (Phi) is 5.70. The summed E-state index contributed by atoms with van der Waals surface area (Å²) in [6, 6.07) is 3.90. The zero-order valence-corrected chi connectivity index (χ0v) is 15.8. The normalized spacial score (nSPS) is 15.7. The lowest BCUT2D eigenvalue weighted by Gasteiger charge is -2.15. The van der Waals surface area contributed by atoms with Gasteiger partial charge in [0.1, 0.15) is 7.11 Å². The van der Waals surface area contributed by atoms with Crippen molar-refractivity contribution in [1.29, 1.82) is 0 Å². The molecule has 0 saturated carbocycles. The number of fused-ring (bicyclic) bond motifs is 1. The number of nitrogens with one attached hydrogen (secondary N) is 1. The first-order valence-corrected chi connectivity index (χ1v) is 10.3. The van der Waals surface area contributed by atoms with Crippen LogP contribution in [0, 0.1) is 0 Å². The van der Waals surface area contributed by atoms with E-state index in [4.69, 9.17) is 4.84 Å².